The van der Waals surface area contributed by atoms with Crippen molar-refractivity contribution in [3.8, 4) is 0 Å². The molecule has 17 heavy (non-hydrogen) atoms. The van der Waals surface area contributed by atoms with Gasteiger partial charge >= 0.3 is 5.97 Å². The topological polar surface area (TPSA) is 62.5 Å². The highest BCUT2D eigenvalue weighted by atomic mass is 16.4. The Bertz CT molecular complexity index is 571. The molecule has 0 saturated heterocycles. The predicted molar refractivity (Wildman–Crippen MR) is 64.9 cm³/mol. The lowest BCUT2D eigenvalue weighted by Gasteiger charge is -2.07. The van der Waals surface area contributed by atoms with E-state index in [4.69, 9.17) is 5.11 Å². The standard InChI is InChI=1S/C13H15NO3/c1-3-14-8(2)11(12(15)13(16)17)9-6-4-5-7-10(9)14/h4-7,12,15H,3H2,1-2H3,(H,16,17). The third kappa shape index (κ3) is 1.70. The zero-order valence-electron chi connectivity index (χ0n) is 9.84. The number of aliphatic hydroxyl groups is 1. The van der Waals surface area contributed by atoms with E-state index in [1.807, 2.05) is 42.7 Å². The minimum atomic E-state index is -1.47. The number of nitrogens with zero attached hydrogens (tertiary/aromatic N) is 1. The lowest BCUT2D eigenvalue weighted by Crippen LogP contribution is -2.11. The highest BCUT2D eigenvalue weighted by molar-refractivity contribution is 5.90. The average Bonchev–Trinajstić information content (AvgIpc) is 2.59. The SMILES string of the molecule is CCn1c(C)c(C(O)C(=O)O)c2ccccc21. The Balaban J connectivity index is 2.78. The molecule has 4 nitrogen and oxygen atoms in total. The number of aryl methyl sites for hydroxylation is 1. The van der Waals surface area contributed by atoms with Crippen LogP contribution < -0.4 is 0 Å². The molecule has 2 rings (SSSR count). The van der Waals surface area contributed by atoms with Gasteiger partial charge in [0, 0.05) is 28.7 Å². The predicted octanol–water partition coefficient (Wildman–Crippen LogP) is 2.09. The number of benzene rings is 1. The maximum atomic E-state index is 10.9. The summed E-state index contributed by atoms with van der Waals surface area (Å²) in [6.45, 7) is 4.58. The van der Waals surface area contributed by atoms with Gasteiger partial charge in [0.1, 0.15) is 0 Å². The van der Waals surface area contributed by atoms with Crippen molar-refractivity contribution in [1.29, 1.82) is 0 Å². The Morgan fingerprint density at radius 1 is 1.41 bits per heavy atom. The number of para-hydroxylation sites is 1. The first-order valence-electron chi connectivity index (χ1n) is 5.56. The molecule has 1 atom stereocenters. The molecular formula is C13H15NO3. The van der Waals surface area contributed by atoms with E-state index < -0.39 is 12.1 Å². The summed E-state index contributed by atoms with van der Waals surface area (Å²) in [6.07, 6.45) is -1.47. The van der Waals surface area contributed by atoms with Gasteiger partial charge in [0.2, 0.25) is 0 Å². The van der Waals surface area contributed by atoms with Crippen LogP contribution >= 0.6 is 0 Å². The van der Waals surface area contributed by atoms with E-state index in [-0.39, 0.29) is 0 Å². The first-order valence-corrected chi connectivity index (χ1v) is 5.56. The molecule has 0 aliphatic rings. The van der Waals surface area contributed by atoms with Crippen LogP contribution in [0.1, 0.15) is 24.3 Å². The fourth-order valence-electron chi connectivity index (χ4n) is 2.33. The maximum absolute atomic E-state index is 10.9. The van der Waals surface area contributed by atoms with E-state index in [1.54, 1.807) is 0 Å². The Kier molecular flexibility index (Phi) is 2.90. The molecule has 0 bridgehead atoms. The van der Waals surface area contributed by atoms with Gasteiger partial charge in [-0.1, -0.05) is 18.2 Å². The highest BCUT2D eigenvalue weighted by Crippen LogP contribution is 2.30. The first-order chi connectivity index (χ1) is 8.07. The second-order valence-corrected chi connectivity index (χ2v) is 4.00. The van der Waals surface area contributed by atoms with Crippen LogP contribution in [0.4, 0.5) is 0 Å². The third-order valence-corrected chi connectivity index (χ3v) is 3.10. The van der Waals surface area contributed by atoms with E-state index in [2.05, 4.69) is 0 Å². The van der Waals surface area contributed by atoms with Crippen molar-refractivity contribution < 1.29 is 15.0 Å². The molecule has 1 aromatic carbocycles. The number of aliphatic carboxylic acids is 1. The van der Waals surface area contributed by atoms with Crippen LogP contribution in [0.3, 0.4) is 0 Å². The van der Waals surface area contributed by atoms with Crippen LogP contribution in [0.5, 0.6) is 0 Å². The van der Waals surface area contributed by atoms with Crippen LogP contribution in [0.25, 0.3) is 10.9 Å². The summed E-state index contributed by atoms with van der Waals surface area (Å²) in [5, 5.41) is 19.5. The van der Waals surface area contributed by atoms with Gasteiger partial charge < -0.3 is 14.8 Å². The van der Waals surface area contributed by atoms with Crippen LogP contribution in [0.15, 0.2) is 24.3 Å². The Hall–Kier alpha value is -1.81. The van der Waals surface area contributed by atoms with Crippen molar-refractivity contribution >= 4 is 16.9 Å². The summed E-state index contributed by atoms with van der Waals surface area (Å²) in [5.41, 5.74) is 2.27. The van der Waals surface area contributed by atoms with Gasteiger partial charge in [-0.3, -0.25) is 0 Å². The summed E-state index contributed by atoms with van der Waals surface area (Å²) in [5.74, 6) is -1.22. The maximum Gasteiger partial charge on any atom is 0.337 e. The fraction of sp³-hybridized carbons (Fsp3) is 0.308. The molecule has 2 N–H and O–H groups in total. The Morgan fingerprint density at radius 3 is 2.65 bits per heavy atom. The number of carbonyl (C=O) groups is 1. The van der Waals surface area contributed by atoms with Gasteiger partial charge in [0.25, 0.3) is 0 Å². The molecule has 0 fully saturated rings. The van der Waals surface area contributed by atoms with E-state index in [0.29, 0.717) is 5.56 Å². The number of carboxylic acid groups (broad SMARTS) is 1. The molecule has 1 unspecified atom stereocenters. The largest absolute Gasteiger partial charge is 0.479 e. The molecule has 1 heterocycles. The molecule has 1 aromatic heterocycles. The van der Waals surface area contributed by atoms with E-state index in [1.165, 1.54) is 0 Å². The van der Waals surface area contributed by atoms with Crippen LogP contribution in [-0.2, 0) is 11.3 Å². The lowest BCUT2D eigenvalue weighted by molar-refractivity contribution is -0.146. The minimum Gasteiger partial charge on any atom is -0.479 e. The second-order valence-electron chi connectivity index (χ2n) is 4.00. The summed E-state index contributed by atoms with van der Waals surface area (Å²) in [6, 6.07) is 7.53. The molecule has 90 valence electrons. The zero-order chi connectivity index (χ0) is 12.6. The van der Waals surface area contributed by atoms with E-state index in [0.717, 1.165) is 23.1 Å². The number of aliphatic hydroxyl groups excluding tert-OH is 1. The van der Waals surface area contributed by atoms with Crippen molar-refractivity contribution in [2.45, 2.75) is 26.5 Å². The molecule has 0 saturated carbocycles. The quantitative estimate of drug-likeness (QED) is 0.853. The van der Waals surface area contributed by atoms with Crippen LogP contribution in [0.2, 0.25) is 0 Å². The zero-order valence-corrected chi connectivity index (χ0v) is 9.84. The fourth-order valence-corrected chi connectivity index (χ4v) is 2.33. The number of rotatable bonds is 3. The Morgan fingerprint density at radius 2 is 2.06 bits per heavy atom. The second kappa shape index (κ2) is 4.22. The number of carboxylic acids is 1. The molecular weight excluding hydrogens is 218 g/mol. The molecule has 4 heteroatoms. The summed E-state index contributed by atoms with van der Waals surface area (Å²) >= 11 is 0. The lowest BCUT2D eigenvalue weighted by atomic mass is 10.1. The van der Waals surface area contributed by atoms with E-state index >= 15 is 0 Å². The summed E-state index contributed by atoms with van der Waals surface area (Å²) in [4.78, 5) is 10.9. The highest BCUT2D eigenvalue weighted by Gasteiger charge is 2.24. The van der Waals surface area contributed by atoms with Crippen LogP contribution in [0, 0.1) is 6.92 Å². The number of aromatic nitrogens is 1. The summed E-state index contributed by atoms with van der Waals surface area (Å²) in [7, 11) is 0. The first kappa shape index (κ1) is 11.7. The van der Waals surface area contributed by atoms with Crippen molar-refractivity contribution in [3.05, 3.63) is 35.5 Å². The Labute approximate surface area is 99.1 Å². The smallest absolute Gasteiger partial charge is 0.337 e. The van der Waals surface area contributed by atoms with Gasteiger partial charge in [-0.2, -0.15) is 0 Å². The molecule has 0 spiro atoms. The molecule has 0 amide bonds. The van der Waals surface area contributed by atoms with Gasteiger partial charge in [0.15, 0.2) is 6.10 Å². The molecule has 0 radical (unpaired) electrons. The third-order valence-electron chi connectivity index (χ3n) is 3.10. The molecule has 2 aromatic rings. The van der Waals surface area contributed by atoms with Crippen molar-refractivity contribution in [1.82, 2.24) is 4.57 Å². The van der Waals surface area contributed by atoms with Crippen molar-refractivity contribution in [2.75, 3.05) is 0 Å². The van der Waals surface area contributed by atoms with Crippen molar-refractivity contribution in [2.24, 2.45) is 0 Å². The number of fused-ring (bicyclic) bond motifs is 1. The normalized spacial score (nSPS) is 12.9. The minimum absolute atomic E-state index is 0.495. The number of hydrogen-bond acceptors (Lipinski definition) is 2. The van der Waals surface area contributed by atoms with Gasteiger partial charge in [0.05, 0.1) is 0 Å². The monoisotopic (exact) mass is 233 g/mol. The summed E-state index contributed by atoms with van der Waals surface area (Å²) < 4.78 is 2.01. The van der Waals surface area contributed by atoms with Gasteiger partial charge in [-0.05, 0) is 19.9 Å². The molecule has 0 aliphatic heterocycles. The molecule has 0 aliphatic carbocycles. The average molecular weight is 233 g/mol. The van der Waals surface area contributed by atoms with Gasteiger partial charge in [-0.25, -0.2) is 4.79 Å². The van der Waals surface area contributed by atoms with Crippen molar-refractivity contribution in [3.63, 3.8) is 0 Å². The van der Waals surface area contributed by atoms with E-state index in [9.17, 15) is 9.90 Å². The number of hydrogen-bond donors (Lipinski definition) is 2. The van der Waals surface area contributed by atoms with Gasteiger partial charge in [-0.15, -0.1) is 0 Å². The van der Waals surface area contributed by atoms with Crippen LogP contribution in [-0.4, -0.2) is 20.7 Å².